The minimum Gasteiger partial charge on any atom is -0.458 e. The van der Waals surface area contributed by atoms with Crippen molar-refractivity contribution in [1.82, 2.24) is 24.0 Å². The fourth-order valence-electron chi connectivity index (χ4n) is 2.32. The van der Waals surface area contributed by atoms with E-state index in [1.807, 2.05) is 0 Å². The number of aromatic nitrogens is 4. The molecule has 0 fully saturated rings. The largest absolute Gasteiger partial charge is 0.458 e. The van der Waals surface area contributed by atoms with Gasteiger partial charge < -0.3 is 9.64 Å². The molecule has 136 valence electrons. The second-order valence-electron chi connectivity index (χ2n) is 5.74. The van der Waals surface area contributed by atoms with Gasteiger partial charge in [-0.1, -0.05) is 17.7 Å². The summed E-state index contributed by atoms with van der Waals surface area (Å²) < 4.78 is 21.4. The smallest absolute Gasteiger partial charge is 0.338 e. The van der Waals surface area contributed by atoms with Gasteiger partial charge in [0.2, 0.25) is 0 Å². The van der Waals surface area contributed by atoms with Crippen LogP contribution in [0, 0.1) is 5.82 Å². The molecule has 0 spiro atoms. The van der Waals surface area contributed by atoms with Crippen molar-refractivity contribution in [2.24, 2.45) is 7.05 Å². The van der Waals surface area contributed by atoms with E-state index in [0.29, 0.717) is 5.52 Å². The summed E-state index contributed by atoms with van der Waals surface area (Å²) in [6, 6.07) is 3.57. The van der Waals surface area contributed by atoms with Crippen molar-refractivity contribution >= 4 is 28.8 Å². The van der Waals surface area contributed by atoms with E-state index >= 15 is 0 Å². The molecule has 0 aliphatic heterocycles. The van der Waals surface area contributed by atoms with Crippen molar-refractivity contribution in [3.63, 3.8) is 0 Å². The molecule has 0 bridgehead atoms. The van der Waals surface area contributed by atoms with Gasteiger partial charge >= 0.3 is 17.7 Å². The summed E-state index contributed by atoms with van der Waals surface area (Å²) in [6.45, 7) is -0.132. The van der Waals surface area contributed by atoms with Crippen molar-refractivity contribution in [2.45, 2.75) is 6.61 Å². The lowest BCUT2D eigenvalue weighted by atomic mass is 10.2. The Morgan fingerprint density at radius 2 is 2.12 bits per heavy atom. The number of imidazole rings is 1. The van der Waals surface area contributed by atoms with Crippen LogP contribution >= 0.6 is 11.6 Å². The molecule has 10 heteroatoms. The highest BCUT2D eigenvalue weighted by atomic mass is 35.5. The Morgan fingerprint density at radius 3 is 2.77 bits per heavy atom. The van der Waals surface area contributed by atoms with Gasteiger partial charge in [0.1, 0.15) is 17.9 Å². The zero-order chi connectivity index (χ0) is 19.0. The summed E-state index contributed by atoms with van der Waals surface area (Å²) in [7, 11) is 4.56. The van der Waals surface area contributed by atoms with Gasteiger partial charge in [-0.2, -0.15) is 9.55 Å². The van der Waals surface area contributed by atoms with E-state index in [9.17, 15) is 14.0 Å². The molecular formula is C16H15ClFN5O3. The summed E-state index contributed by atoms with van der Waals surface area (Å²) >= 11 is 5.71. The van der Waals surface area contributed by atoms with Crippen LogP contribution in [0.15, 0.2) is 29.2 Å². The second-order valence-corrected chi connectivity index (χ2v) is 6.18. The number of halogens is 2. The number of aryl methyl sites for hydroxylation is 1. The summed E-state index contributed by atoms with van der Waals surface area (Å²) in [4.78, 5) is 34.0. The number of ether oxygens (including phenoxy) is 1. The van der Waals surface area contributed by atoms with Crippen molar-refractivity contribution in [3.05, 3.63) is 51.3 Å². The summed E-state index contributed by atoms with van der Waals surface area (Å²) in [6.07, 6.45) is 1.37. The van der Waals surface area contributed by atoms with Crippen LogP contribution < -0.4 is 10.4 Å². The average molecular weight is 380 g/mol. The number of amides is 1. The topological polar surface area (TPSA) is 82.2 Å². The zero-order valence-corrected chi connectivity index (χ0v) is 15.0. The van der Waals surface area contributed by atoms with Crippen molar-refractivity contribution < 1.29 is 13.9 Å². The summed E-state index contributed by atoms with van der Waals surface area (Å²) in [5, 5.41) is 0.277. The molecule has 0 saturated heterocycles. The lowest BCUT2D eigenvalue weighted by molar-refractivity contribution is 0.219. The maximum absolute atomic E-state index is 13.8. The molecule has 1 aromatic carbocycles. The minimum absolute atomic E-state index is 0.0854. The molecule has 3 rings (SSSR count). The summed E-state index contributed by atoms with van der Waals surface area (Å²) in [5.41, 5.74) is 0.204. The first-order valence-corrected chi connectivity index (χ1v) is 7.90. The van der Waals surface area contributed by atoms with Crippen LogP contribution in [0.3, 0.4) is 0 Å². The molecule has 0 aliphatic rings. The van der Waals surface area contributed by atoms with Gasteiger partial charge in [-0.3, -0.25) is 4.57 Å². The lowest BCUT2D eigenvalue weighted by Gasteiger charge is -2.10. The first-order valence-electron chi connectivity index (χ1n) is 7.52. The third-order valence-electron chi connectivity index (χ3n) is 3.73. The monoisotopic (exact) mass is 379 g/mol. The zero-order valence-electron chi connectivity index (χ0n) is 14.2. The first kappa shape index (κ1) is 17.9. The van der Waals surface area contributed by atoms with Crippen LogP contribution in [0.2, 0.25) is 5.02 Å². The van der Waals surface area contributed by atoms with Crippen LogP contribution in [0.5, 0.6) is 6.01 Å². The number of hydrogen-bond donors (Lipinski definition) is 0. The highest BCUT2D eigenvalue weighted by Crippen LogP contribution is 2.17. The summed E-state index contributed by atoms with van der Waals surface area (Å²) in [5.74, 6) is -0.516. The highest BCUT2D eigenvalue weighted by Gasteiger charge is 2.20. The van der Waals surface area contributed by atoms with Gasteiger partial charge in [0.15, 0.2) is 5.65 Å². The number of fused-ring (bicyclic) bond motifs is 1. The van der Waals surface area contributed by atoms with E-state index in [1.165, 1.54) is 55.0 Å². The Morgan fingerprint density at radius 1 is 1.38 bits per heavy atom. The normalized spacial score (nSPS) is 11.0. The Bertz CT molecular complexity index is 1060. The molecule has 26 heavy (non-hydrogen) atoms. The van der Waals surface area contributed by atoms with Crippen LogP contribution in [0.1, 0.15) is 5.56 Å². The maximum Gasteiger partial charge on any atom is 0.338 e. The van der Waals surface area contributed by atoms with Gasteiger partial charge in [-0.25, -0.2) is 19.0 Å². The number of carbonyl (C=O) groups is 1. The Hall–Kier alpha value is -2.94. The van der Waals surface area contributed by atoms with Crippen molar-refractivity contribution in [3.8, 4) is 6.01 Å². The molecule has 2 heterocycles. The van der Waals surface area contributed by atoms with Crippen LogP contribution in [-0.4, -0.2) is 44.1 Å². The second kappa shape index (κ2) is 6.75. The van der Waals surface area contributed by atoms with E-state index in [1.54, 1.807) is 0 Å². The fraction of sp³-hybridized carbons (Fsp3) is 0.250. The number of carbonyl (C=O) groups excluding carboxylic acids is 1. The van der Waals surface area contributed by atoms with Gasteiger partial charge in [-0.05, 0) is 12.1 Å². The molecule has 0 N–H and O–H groups in total. The molecule has 3 aromatic rings. The van der Waals surface area contributed by atoms with Gasteiger partial charge in [0, 0.05) is 31.7 Å². The van der Waals surface area contributed by atoms with Crippen LogP contribution in [0.25, 0.3) is 11.2 Å². The van der Waals surface area contributed by atoms with E-state index in [4.69, 9.17) is 16.3 Å². The van der Waals surface area contributed by atoms with Crippen LogP contribution in [0.4, 0.5) is 9.18 Å². The predicted molar refractivity (Wildman–Crippen MR) is 93.0 cm³/mol. The molecule has 0 unspecified atom stereocenters. The third-order valence-corrected chi connectivity index (χ3v) is 3.96. The quantitative estimate of drug-likeness (QED) is 0.695. The molecule has 0 aliphatic carbocycles. The van der Waals surface area contributed by atoms with Crippen molar-refractivity contribution in [2.75, 3.05) is 14.1 Å². The number of hydrogen-bond acceptors (Lipinski definition) is 5. The predicted octanol–water partition coefficient (Wildman–Crippen LogP) is 2.03. The Labute approximate surface area is 152 Å². The minimum atomic E-state index is -0.547. The van der Waals surface area contributed by atoms with Gasteiger partial charge in [-0.15, -0.1) is 0 Å². The number of rotatable bonds is 3. The fourth-order valence-corrected chi connectivity index (χ4v) is 2.48. The molecule has 0 radical (unpaired) electrons. The maximum atomic E-state index is 13.8. The third kappa shape index (κ3) is 3.13. The Balaban J connectivity index is 1.97. The Kier molecular flexibility index (Phi) is 4.64. The molecule has 8 nitrogen and oxygen atoms in total. The standard InChI is InChI=1S/C16H15ClFN5O3/c1-21(2)15(24)23-13-12(22(3)16(23)25)7-19-14(20-13)26-8-9-4-5-10(17)6-11(9)18/h4-7H,8H2,1-3H3. The van der Waals surface area contributed by atoms with E-state index in [-0.39, 0.29) is 28.9 Å². The van der Waals surface area contributed by atoms with E-state index in [2.05, 4.69) is 9.97 Å². The molecular weight excluding hydrogens is 365 g/mol. The van der Waals surface area contributed by atoms with Crippen LogP contribution in [-0.2, 0) is 13.7 Å². The van der Waals surface area contributed by atoms with Crippen molar-refractivity contribution in [1.29, 1.82) is 0 Å². The van der Waals surface area contributed by atoms with E-state index in [0.717, 1.165) is 4.57 Å². The molecule has 2 aromatic heterocycles. The van der Waals surface area contributed by atoms with Gasteiger partial charge in [0.05, 0.1) is 6.20 Å². The SMILES string of the molecule is CN(C)C(=O)n1c(=O)n(C)c2cnc(OCc3ccc(Cl)cc3F)nc21. The first-order chi connectivity index (χ1) is 12.3. The molecule has 0 atom stereocenters. The van der Waals surface area contributed by atoms with Gasteiger partial charge in [0.25, 0.3) is 0 Å². The highest BCUT2D eigenvalue weighted by molar-refractivity contribution is 6.30. The number of benzene rings is 1. The average Bonchev–Trinajstić information content (AvgIpc) is 2.84. The lowest BCUT2D eigenvalue weighted by Crippen LogP contribution is -2.35. The van der Waals surface area contributed by atoms with E-state index < -0.39 is 17.5 Å². The number of nitrogens with zero attached hydrogens (tertiary/aromatic N) is 5. The molecule has 1 amide bonds. The molecule has 0 saturated carbocycles.